The van der Waals surface area contributed by atoms with Gasteiger partial charge in [-0.05, 0) is 62.0 Å². The zero-order valence-electron chi connectivity index (χ0n) is 15.6. The first-order valence-electron chi connectivity index (χ1n) is 10.2. The summed E-state index contributed by atoms with van der Waals surface area (Å²) < 4.78 is 0. The second kappa shape index (κ2) is 7.04. The van der Waals surface area contributed by atoms with E-state index in [4.69, 9.17) is 0 Å². The summed E-state index contributed by atoms with van der Waals surface area (Å²) in [6.45, 7) is 2.92. The zero-order valence-corrected chi connectivity index (χ0v) is 15.6. The van der Waals surface area contributed by atoms with Crippen molar-refractivity contribution < 1.29 is 4.79 Å². The van der Waals surface area contributed by atoms with Crippen molar-refractivity contribution in [3.63, 3.8) is 0 Å². The summed E-state index contributed by atoms with van der Waals surface area (Å²) in [5.41, 5.74) is 3.74. The Hall–Kier alpha value is -2.27. The number of rotatable bonds is 3. The predicted octanol–water partition coefficient (Wildman–Crippen LogP) is 2.98. The van der Waals surface area contributed by atoms with Crippen LogP contribution in [0.3, 0.4) is 0 Å². The SMILES string of the molecule is O=C(C1CCN(Cc2cccnc2)CC1)N1C2CCC1c1cccnc1C2. The second-order valence-electron chi connectivity index (χ2n) is 8.15. The normalized spacial score (nSPS) is 25.4. The van der Waals surface area contributed by atoms with Gasteiger partial charge in [0.15, 0.2) is 0 Å². The minimum Gasteiger partial charge on any atom is -0.332 e. The van der Waals surface area contributed by atoms with Gasteiger partial charge in [-0.2, -0.15) is 0 Å². The summed E-state index contributed by atoms with van der Waals surface area (Å²) in [5, 5.41) is 0. The molecule has 2 bridgehead atoms. The molecule has 0 aliphatic carbocycles. The molecule has 0 N–H and O–H groups in total. The van der Waals surface area contributed by atoms with E-state index in [1.165, 1.54) is 16.8 Å². The molecule has 5 nitrogen and oxygen atoms in total. The molecule has 3 aliphatic heterocycles. The largest absolute Gasteiger partial charge is 0.332 e. The summed E-state index contributed by atoms with van der Waals surface area (Å²) in [7, 11) is 0. The van der Waals surface area contributed by atoms with E-state index in [1.807, 2.05) is 30.7 Å². The Kier molecular flexibility index (Phi) is 4.40. The Labute approximate surface area is 160 Å². The number of carbonyl (C=O) groups excluding carboxylic acids is 1. The van der Waals surface area contributed by atoms with E-state index in [0.29, 0.717) is 11.9 Å². The molecule has 0 saturated carbocycles. The highest BCUT2D eigenvalue weighted by Crippen LogP contribution is 2.44. The van der Waals surface area contributed by atoms with Crippen molar-refractivity contribution in [2.45, 2.75) is 50.7 Å². The smallest absolute Gasteiger partial charge is 0.226 e. The van der Waals surface area contributed by atoms with Crippen LogP contribution in [0.1, 0.15) is 48.5 Å². The number of hydrogen-bond acceptors (Lipinski definition) is 4. The van der Waals surface area contributed by atoms with Crippen molar-refractivity contribution in [3.8, 4) is 0 Å². The van der Waals surface area contributed by atoms with Crippen LogP contribution in [-0.2, 0) is 17.8 Å². The molecule has 2 saturated heterocycles. The summed E-state index contributed by atoms with van der Waals surface area (Å²) in [6, 6.07) is 8.92. The Bertz CT molecular complexity index is 816. The molecule has 2 fully saturated rings. The first-order chi connectivity index (χ1) is 13.3. The molecule has 2 aromatic heterocycles. The van der Waals surface area contributed by atoms with Gasteiger partial charge in [0.2, 0.25) is 5.91 Å². The number of nitrogens with zero attached hydrogens (tertiary/aromatic N) is 4. The van der Waals surface area contributed by atoms with Crippen molar-refractivity contribution >= 4 is 5.91 Å². The number of fused-ring (bicyclic) bond motifs is 4. The molecular weight excluding hydrogens is 336 g/mol. The third-order valence-corrected chi connectivity index (χ3v) is 6.54. The number of piperidine rings is 1. The van der Waals surface area contributed by atoms with Crippen molar-refractivity contribution in [1.29, 1.82) is 0 Å². The minimum absolute atomic E-state index is 0.177. The van der Waals surface area contributed by atoms with E-state index in [0.717, 1.165) is 51.7 Å². The molecule has 5 heterocycles. The molecule has 0 aromatic carbocycles. The van der Waals surface area contributed by atoms with Gasteiger partial charge in [0.25, 0.3) is 0 Å². The lowest BCUT2D eigenvalue weighted by molar-refractivity contribution is -0.140. The molecule has 0 radical (unpaired) electrons. The first-order valence-corrected chi connectivity index (χ1v) is 10.2. The lowest BCUT2D eigenvalue weighted by atomic mass is 9.91. The minimum atomic E-state index is 0.177. The fourth-order valence-corrected chi connectivity index (χ4v) is 5.17. The van der Waals surface area contributed by atoms with Crippen LogP contribution in [0.5, 0.6) is 0 Å². The summed E-state index contributed by atoms with van der Waals surface area (Å²) in [6.07, 6.45) is 10.7. The van der Waals surface area contributed by atoms with Crippen LogP contribution in [0.15, 0.2) is 42.9 Å². The van der Waals surface area contributed by atoms with Gasteiger partial charge in [-0.3, -0.25) is 19.7 Å². The maximum absolute atomic E-state index is 13.4. The van der Waals surface area contributed by atoms with E-state index in [1.54, 1.807) is 0 Å². The van der Waals surface area contributed by atoms with Gasteiger partial charge in [-0.25, -0.2) is 0 Å². The number of pyridine rings is 2. The Morgan fingerprint density at radius 3 is 2.74 bits per heavy atom. The standard InChI is InChI=1S/C22H26N4O/c27-22(17-7-11-25(12-8-17)15-16-3-1-9-23-14-16)26-18-5-6-21(26)19-4-2-10-24-20(19)13-18/h1-4,9-10,14,17-18,21H,5-8,11-13,15H2. The summed E-state index contributed by atoms with van der Waals surface area (Å²) >= 11 is 0. The highest BCUT2D eigenvalue weighted by atomic mass is 16.2. The molecular formula is C22H26N4O. The van der Waals surface area contributed by atoms with E-state index >= 15 is 0 Å². The van der Waals surface area contributed by atoms with Crippen LogP contribution in [0.4, 0.5) is 0 Å². The van der Waals surface area contributed by atoms with Gasteiger partial charge in [0.1, 0.15) is 0 Å². The molecule has 2 unspecified atom stereocenters. The van der Waals surface area contributed by atoms with Gasteiger partial charge in [-0.1, -0.05) is 12.1 Å². The lowest BCUT2D eigenvalue weighted by Crippen LogP contribution is -2.47. The quantitative estimate of drug-likeness (QED) is 0.842. The Morgan fingerprint density at radius 1 is 1.07 bits per heavy atom. The molecule has 2 aromatic rings. The van der Waals surface area contributed by atoms with Gasteiger partial charge in [0, 0.05) is 49.2 Å². The van der Waals surface area contributed by atoms with Crippen molar-refractivity contribution in [1.82, 2.24) is 19.8 Å². The van der Waals surface area contributed by atoms with Crippen LogP contribution in [0, 0.1) is 5.92 Å². The topological polar surface area (TPSA) is 49.3 Å². The number of hydrogen-bond donors (Lipinski definition) is 0. The maximum Gasteiger partial charge on any atom is 0.226 e. The Morgan fingerprint density at radius 2 is 1.93 bits per heavy atom. The third kappa shape index (κ3) is 3.14. The monoisotopic (exact) mass is 362 g/mol. The van der Waals surface area contributed by atoms with Crippen molar-refractivity contribution in [3.05, 3.63) is 59.7 Å². The number of amides is 1. The van der Waals surface area contributed by atoms with Crippen LogP contribution < -0.4 is 0 Å². The molecule has 27 heavy (non-hydrogen) atoms. The average Bonchev–Trinajstić information content (AvgIpc) is 3.03. The van der Waals surface area contributed by atoms with Crippen LogP contribution in [0.25, 0.3) is 0 Å². The van der Waals surface area contributed by atoms with Crippen LogP contribution in [-0.4, -0.2) is 44.8 Å². The average molecular weight is 362 g/mol. The first kappa shape index (κ1) is 16.9. The van der Waals surface area contributed by atoms with E-state index in [9.17, 15) is 4.79 Å². The molecule has 5 rings (SSSR count). The molecule has 140 valence electrons. The highest BCUT2D eigenvalue weighted by Gasteiger charge is 2.44. The fourth-order valence-electron chi connectivity index (χ4n) is 5.17. The molecule has 3 aliphatic rings. The van der Waals surface area contributed by atoms with Crippen molar-refractivity contribution in [2.24, 2.45) is 5.92 Å². The number of likely N-dealkylation sites (tertiary alicyclic amines) is 1. The van der Waals surface area contributed by atoms with Gasteiger partial charge in [-0.15, -0.1) is 0 Å². The van der Waals surface area contributed by atoms with E-state index in [-0.39, 0.29) is 12.0 Å². The number of carbonyl (C=O) groups is 1. The summed E-state index contributed by atoms with van der Waals surface area (Å²) in [5.74, 6) is 0.564. The lowest BCUT2D eigenvalue weighted by Gasteiger charge is -2.40. The van der Waals surface area contributed by atoms with Crippen LogP contribution in [0.2, 0.25) is 0 Å². The third-order valence-electron chi connectivity index (χ3n) is 6.54. The van der Waals surface area contributed by atoms with Gasteiger partial charge < -0.3 is 4.90 Å². The molecule has 1 amide bonds. The molecule has 5 heteroatoms. The molecule has 0 spiro atoms. The second-order valence-corrected chi connectivity index (χ2v) is 8.15. The number of aromatic nitrogens is 2. The van der Waals surface area contributed by atoms with Gasteiger partial charge >= 0.3 is 0 Å². The summed E-state index contributed by atoms with van der Waals surface area (Å²) in [4.78, 5) is 26.8. The fraction of sp³-hybridized carbons (Fsp3) is 0.500. The van der Waals surface area contributed by atoms with Crippen LogP contribution >= 0.6 is 0 Å². The van der Waals surface area contributed by atoms with Gasteiger partial charge in [0.05, 0.1) is 6.04 Å². The predicted molar refractivity (Wildman–Crippen MR) is 103 cm³/mol. The van der Waals surface area contributed by atoms with E-state index in [2.05, 4.69) is 31.9 Å². The maximum atomic E-state index is 13.4. The molecule has 2 atom stereocenters. The Balaban J connectivity index is 1.24. The highest BCUT2D eigenvalue weighted by molar-refractivity contribution is 5.80. The van der Waals surface area contributed by atoms with E-state index < -0.39 is 0 Å². The zero-order chi connectivity index (χ0) is 18.2. The van der Waals surface area contributed by atoms with Crippen molar-refractivity contribution in [2.75, 3.05) is 13.1 Å².